The summed E-state index contributed by atoms with van der Waals surface area (Å²) in [6.45, 7) is 3.43. The first-order valence-corrected chi connectivity index (χ1v) is 8.99. The van der Waals surface area contributed by atoms with Gasteiger partial charge in [-0.1, -0.05) is 0 Å². The third-order valence-electron chi connectivity index (χ3n) is 4.66. The number of hydrogen-bond acceptors (Lipinski definition) is 6. The SMILES string of the molecule is COc1ccc(-c2cc(-c3cc(OC)c(OC)c(OC)c3)nn2C(C)=O)cc1C. The second kappa shape index (κ2) is 8.26. The molecule has 2 aromatic carbocycles. The van der Waals surface area contributed by atoms with Gasteiger partial charge < -0.3 is 18.9 Å². The molecule has 7 nitrogen and oxygen atoms in total. The van der Waals surface area contributed by atoms with E-state index in [4.69, 9.17) is 18.9 Å². The molecule has 0 unspecified atom stereocenters. The van der Waals surface area contributed by atoms with Crippen molar-refractivity contribution in [1.29, 1.82) is 0 Å². The van der Waals surface area contributed by atoms with Gasteiger partial charge in [-0.25, -0.2) is 0 Å². The molecule has 3 aromatic rings. The summed E-state index contributed by atoms with van der Waals surface area (Å²) in [5, 5.41) is 4.52. The summed E-state index contributed by atoms with van der Waals surface area (Å²) in [5.41, 5.74) is 3.88. The van der Waals surface area contributed by atoms with E-state index in [-0.39, 0.29) is 5.91 Å². The van der Waals surface area contributed by atoms with E-state index in [2.05, 4.69) is 5.10 Å². The Balaban J connectivity index is 2.17. The summed E-state index contributed by atoms with van der Waals surface area (Å²) in [4.78, 5) is 12.2. The zero-order valence-corrected chi connectivity index (χ0v) is 17.4. The largest absolute Gasteiger partial charge is 0.496 e. The molecule has 0 atom stereocenters. The maximum absolute atomic E-state index is 12.2. The van der Waals surface area contributed by atoms with Crippen molar-refractivity contribution in [3.63, 3.8) is 0 Å². The van der Waals surface area contributed by atoms with Crippen LogP contribution in [0.5, 0.6) is 23.0 Å². The molecule has 0 N–H and O–H groups in total. The standard InChI is InChI=1S/C22H24N2O5/c1-13-9-15(7-8-19(13)26-3)18-12-17(23-24(18)14(2)25)16-10-20(27-4)22(29-6)21(11-16)28-5/h7-12H,1-6H3. The highest BCUT2D eigenvalue weighted by atomic mass is 16.5. The van der Waals surface area contributed by atoms with Crippen LogP contribution in [0.1, 0.15) is 17.3 Å². The van der Waals surface area contributed by atoms with Crippen LogP contribution < -0.4 is 18.9 Å². The molecular weight excluding hydrogens is 372 g/mol. The fourth-order valence-electron chi connectivity index (χ4n) is 3.23. The molecule has 152 valence electrons. The zero-order chi connectivity index (χ0) is 21.1. The van der Waals surface area contributed by atoms with Crippen LogP contribution >= 0.6 is 0 Å². The van der Waals surface area contributed by atoms with E-state index < -0.39 is 0 Å². The van der Waals surface area contributed by atoms with Crippen molar-refractivity contribution >= 4 is 5.91 Å². The minimum atomic E-state index is -0.188. The van der Waals surface area contributed by atoms with Crippen molar-refractivity contribution in [3.05, 3.63) is 42.0 Å². The Morgan fingerprint density at radius 3 is 1.93 bits per heavy atom. The van der Waals surface area contributed by atoms with Gasteiger partial charge in [0.2, 0.25) is 11.7 Å². The average molecular weight is 396 g/mol. The molecule has 0 aliphatic rings. The predicted molar refractivity (Wildman–Crippen MR) is 110 cm³/mol. The Kier molecular flexibility index (Phi) is 5.77. The van der Waals surface area contributed by atoms with Crippen LogP contribution in [0.2, 0.25) is 0 Å². The number of nitrogens with zero attached hydrogens (tertiary/aromatic N) is 2. The van der Waals surface area contributed by atoms with Crippen molar-refractivity contribution < 1.29 is 23.7 Å². The predicted octanol–water partition coefficient (Wildman–Crippen LogP) is 4.22. The number of carbonyl (C=O) groups excluding carboxylic acids is 1. The molecule has 0 aliphatic carbocycles. The molecule has 0 saturated carbocycles. The van der Waals surface area contributed by atoms with Crippen LogP contribution in [0.25, 0.3) is 22.5 Å². The topological polar surface area (TPSA) is 71.8 Å². The first-order chi connectivity index (χ1) is 13.9. The lowest BCUT2D eigenvalue weighted by atomic mass is 10.1. The number of aromatic nitrogens is 2. The number of hydrogen-bond donors (Lipinski definition) is 0. The van der Waals surface area contributed by atoms with Crippen molar-refractivity contribution in [2.75, 3.05) is 28.4 Å². The van der Waals surface area contributed by atoms with Gasteiger partial charge in [0.1, 0.15) is 5.75 Å². The number of methoxy groups -OCH3 is 4. The van der Waals surface area contributed by atoms with Gasteiger partial charge in [0.15, 0.2) is 11.5 Å². The summed E-state index contributed by atoms with van der Waals surface area (Å²) >= 11 is 0. The third-order valence-corrected chi connectivity index (χ3v) is 4.66. The molecular formula is C22H24N2O5. The Morgan fingerprint density at radius 1 is 0.828 bits per heavy atom. The molecule has 0 bridgehead atoms. The maximum atomic E-state index is 12.2. The number of ether oxygens (including phenoxy) is 4. The monoisotopic (exact) mass is 396 g/mol. The molecule has 1 aromatic heterocycles. The highest BCUT2D eigenvalue weighted by molar-refractivity contribution is 5.84. The van der Waals surface area contributed by atoms with Gasteiger partial charge in [-0.15, -0.1) is 0 Å². The van der Waals surface area contributed by atoms with Gasteiger partial charge in [-0.2, -0.15) is 9.78 Å². The smallest absolute Gasteiger partial charge is 0.244 e. The van der Waals surface area contributed by atoms with Gasteiger partial charge >= 0.3 is 0 Å². The van der Waals surface area contributed by atoms with E-state index >= 15 is 0 Å². The van der Waals surface area contributed by atoms with E-state index in [1.165, 1.54) is 11.6 Å². The lowest BCUT2D eigenvalue weighted by Gasteiger charge is -2.13. The van der Waals surface area contributed by atoms with Crippen molar-refractivity contribution in [2.24, 2.45) is 0 Å². The van der Waals surface area contributed by atoms with Crippen LogP contribution in [-0.4, -0.2) is 44.1 Å². The van der Waals surface area contributed by atoms with Crippen LogP contribution in [-0.2, 0) is 0 Å². The number of benzene rings is 2. The first kappa shape index (κ1) is 20.3. The van der Waals surface area contributed by atoms with Crippen LogP contribution in [0.4, 0.5) is 0 Å². The maximum Gasteiger partial charge on any atom is 0.244 e. The quantitative estimate of drug-likeness (QED) is 0.621. The van der Waals surface area contributed by atoms with Gasteiger partial charge in [-0.3, -0.25) is 4.79 Å². The first-order valence-electron chi connectivity index (χ1n) is 8.99. The molecule has 3 rings (SSSR count). The summed E-state index contributed by atoms with van der Waals surface area (Å²) in [6, 6.07) is 11.2. The van der Waals surface area contributed by atoms with Crippen LogP contribution in [0.15, 0.2) is 36.4 Å². The van der Waals surface area contributed by atoms with E-state index in [9.17, 15) is 4.79 Å². The molecule has 0 aliphatic heterocycles. The van der Waals surface area contributed by atoms with Crippen molar-refractivity contribution in [1.82, 2.24) is 9.78 Å². The normalized spacial score (nSPS) is 10.6. The van der Waals surface area contributed by atoms with Crippen molar-refractivity contribution in [3.8, 4) is 45.5 Å². The number of carbonyl (C=O) groups is 1. The van der Waals surface area contributed by atoms with Gasteiger partial charge in [0, 0.05) is 18.1 Å². The lowest BCUT2D eigenvalue weighted by molar-refractivity contribution is 0.0923. The lowest BCUT2D eigenvalue weighted by Crippen LogP contribution is -2.09. The molecule has 0 spiro atoms. The zero-order valence-electron chi connectivity index (χ0n) is 17.4. The van der Waals surface area contributed by atoms with Gasteiger partial charge in [0.25, 0.3) is 0 Å². The Labute approximate surface area is 169 Å². The molecule has 1 heterocycles. The third kappa shape index (κ3) is 3.76. The van der Waals surface area contributed by atoms with E-state index in [0.717, 1.165) is 22.4 Å². The van der Waals surface area contributed by atoms with Crippen LogP contribution in [0.3, 0.4) is 0 Å². The Morgan fingerprint density at radius 2 is 1.45 bits per heavy atom. The van der Waals surface area contributed by atoms with E-state index in [1.807, 2.05) is 31.2 Å². The number of rotatable bonds is 6. The minimum Gasteiger partial charge on any atom is -0.496 e. The molecule has 29 heavy (non-hydrogen) atoms. The average Bonchev–Trinajstić information content (AvgIpc) is 3.18. The minimum absolute atomic E-state index is 0.188. The second-order valence-corrected chi connectivity index (χ2v) is 6.44. The summed E-state index contributed by atoms with van der Waals surface area (Å²) in [5.74, 6) is 2.12. The molecule has 0 fully saturated rings. The molecule has 7 heteroatoms. The van der Waals surface area contributed by atoms with E-state index in [0.29, 0.717) is 28.6 Å². The Hall–Kier alpha value is -3.48. The Bertz CT molecular complexity index is 1030. The summed E-state index contributed by atoms with van der Waals surface area (Å²) in [7, 11) is 6.29. The number of aryl methyl sites for hydroxylation is 1. The highest BCUT2D eigenvalue weighted by Crippen LogP contribution is 2.41. The summed E-state index contributed by atoms with van der Waals surface area (Å²) < 4.78 is 23.0. The summed E-state index contributed by atoms with van der Waals surface area (Å²) in [6.07, 6.45) is 0. The van der Waals surface area contributed by atoms with Gasteiger partial charge in [-0.05, 0) is 48.9 Å². The fraction of sp³-hybridized carbons (Fsp3) is 0.273. The fourth-order valence-corrected chi connectivity index (χ4v) is 3.23. The van der Waals surface area contributed by atoms with Gasteiger partial charge in [0.05, 0.1) is 39.8 Å². The van der Waals surface area contributed by atoms with E-state index in [1.54, 1.807) is 40.6 Å². The van der Waals surface area contributed by atoms with Crippen LogP contribution in [0, 0.1) is 6.92 Å². The molecule has 0 amide bonds. The molecule has 0 saturated heterocycles. The highest BCUT2D eigenvalue weighted by Gasteiger charge is 2.19. The van der Waals surface area contributed by atoms with Crippen molar-refractivity contribution in [2.45, 2.75) is 13.8 Å². The second-order valence-electron chi connectivity index (χ2n) is 6.44. The molecule has 0 radical (unpaired) electrons.